The number of hydrogen-bond acceptors (Lipinski definition) is 3. The molecule has 0 saturated carbocycles. The summed E-state index contributed by atoms with van der Waals surface area (Å²) in [6.45, 7) is -0.0471. The van der Waals surface area contributed by atoms with Crippen LogP contribution in [0.1, 0.15) is 17.5 Å². The zero-order valence-corrected chi connectivity index (χ0v) is 14.5. The summed E-state index contributed by atoms with van der Waals surface area (Å²) in [6, 6.07) is 11.2. The summed E-state index contributed by atoms with van der Waals surface area (Å²) in [5, 5.41) is 2.86. The van der Waals surface area contributed by atoms with Crippen LogP contribution in [0.4, 0.5) is 13.2 Å². The van der Waals surface area contributed by atoms with Gasteiger partial charge in [-0.15, -0.1) is 0 Å². The highest BCUT2D eigenvalue weighted by molar-refractivity contribution is 5.78. The number of hydrogen-bond donors (Lipinski definition) is 2. The van der Waals surface area contributed by atoms with Gasteiger partial charge in [0.05, 0.1) is 16.5 Å². The molecule has 0 saturated heterocycles. The number of carbonyl (C=O) groups is 1. The van der Waals surface area contributed by atoms with Crippen molar-refractivity contribution in [3.05, 3.63) is 80.5 Å². The molecule has 146 valence electrons. The molecule has 0 radical (unpaired) electrons. The van der Waals surface area contributed by atoms with E-state index in [2.05, 4.69) is 10.3 Å². The molecule has 3 rings (SSSR count). The Morgan fingerprint density at radius 2 is 1.82 bits per heavy atom. The lowest BCUT2D eigenvalue weighted by Crippen LogP contribution is -2.32. The minimum Gasteiger partial charge on any atom is -0.352 e. The zero-order chi connectivity index (χ0) is 20.3. The predicted molar refractivity (Wildman–Crippen MR) is 96.7 cm³/mol. The van der Waals surface area contributed by atoms with E-state index < -0.39 is 28.9 Å². The first-order valence-corrected chi connectivity index (χ1v) is 8.40. The van der Waals surface area contributed by atoms with Gasteiger partial charge >= 0.3 is 11.9 Å². The monoisotopic (exact) mass is 391 g/mol. The number of amides is 1. The summed E-state index contributed by atoms with van der Waals surface area (Å²) < 4.78 is 39.5. The van der Waals surface area contributed by atoms with Crippen molar-refractivity contribution in [1.29, 1.82) is 0 Å². The maximum absolute atomic E-state index is 12.7. The minimum absolute atomic E-state index is 0.0184. The molecule has 0 spiro atoms. The Labute approximate surface area is 156 Å². The van der Waals surface area contributed by atoms with Crippen molar-refractivity contribution in [2.24, 2.45) is 0 Å². The first-order valence-electron chi connectivity index (χ1n) is 8.40. The number of carbonyl (C=O) groups excluding carboxylic acids is 1. The van der Waals surface area contributed by atoms with E-state index in [4.69, 9.17) is 0 Å². The summed E-state index contributed by atoms with van der Waals surface area (Å²) in [5.41, 5.74) is -1.21. The fourth-order valence-corrected chi connectivity index (χ4v) is 2.82. The van der Waals surface area contributed by atoms with Crippen LogP contribution in [0.25, 0.3) is 10.9 Å². The third-order valence-corrected chi connectivity index (χ3v) is 4.21. The molecule has 0 atom stereocenters. The van der Waals surface area contributed by atoms with E-state index in [1.165, 1.54) is 16.7 Å². The molecule has 0 aliphatic carbocycles. The van der Waals surface area contributed by atoms with E-state index in [-0.39, 0.29) is 19.5 Å². The van der Waals surface area contributed by atoms with E-state index in [1.54, 1.807) is 24.3 Å². The normalized spacial score (nSPS) is 11.5. The highest BCUT2D eigenvalue weighted by atomic mass is 19.4. The number of benzene rings is 2. The van der Waals surface area contributed by atoms with E-state index in [0.717, 1.165) is 12.1 Å². The molecule has 0 unspecified atom stereocenters. The Bertz CT molecular complexity index is 1130. The van der Waals surface area contributed by atoms with Crippen molar-refractivity contribution in [1.82, 2.24) is 14.9 Å². The third-order valence-electron chi connectivity index (χ3n) is 4.21. The molecular formula is C19H16F3N3O3. The molecule has 3 aromatic rings. The highest BCUT2D eigenvalue weighted by Crippen LogP contribution is 2.29. The number of fused-ring (bicyclic) bond motifs is 1. The van der Waals surface area contributed by atoms with E-state index in [0.29, 0.717) is 16.5 Å². The SMILES string of the molecule is O=C(CCn1c(=O)[nH]c(=O)c2ccccc21)NCc1cccc(C(F)(F)F)c1. The topological polar surface area (TPSA) is 84.0 Å². The van der Waals surface area contributed by atoms with Crippen molar-refractivity contribution >= 4 is 16.8 Å². The van der Waals surface area contributed by atoms with Gasteiger partial charge in [-0.3, -0.25) is 19.1 Å². The number of nitrogens with zero attached hydrogens (tertiary/aromatic N) is 1. The Hall–Kier alpha value is -3.36. The van der Waals surface area contributed by atoms with Gasteiger partial charge in [0, 0.05) is 19.5 Å². The van der Waals surface area contributed by atoms with Gasteiger partial charge in [0.1, 0.15) is 0 Å². The summed E-state index contributed by atoms with van der Waals surface area (Å²) >= 11 is 0. The molecular weight excluding hydrogens is 375 g/mol. The number of halogens is 3. The lowest BCUT2D eigenvalue weighted by atomic mass is 10.1. The second-order valence-corrected chi connectivity index (χ2v) is 6.15. The average Bonchev–Trinajstić information content (AvgIpc) is 2.66. The average molecular weight is 391 g/mol. The fourth-order valence-electron chi connectivity index (χ4n) is 2.82. The third kappa shape index (κ3) is 4.30. The molecule has 2 N–H and O–H groups in total. The first kappa shape index (κ1) is 19.4. The number of rotatable bonds is 5. The van der Waals surface area contributed by atoms with Crippen LogP contribution in [-0.2, 0) is 24.1 Å². The predicted octanol–water partition coefficient (Wildman–Crippen LogP) is 2.42. The van der Waals surface area contributed by atoms with Crippen molar-refractivity contribution in [3.63, 3.8) is 0 Å². The van der Waals surface area contributed by atoms with Crippen LogP contribution in [0.5, 0.6) is 0 Å². The van der Waals surface area contributed by atoms with Gasteiger partial charge in [0.2, 0.25) is 5.91 Å². The Morgan fingerprint density at radius 1 is 1.07 bits per heavy atom. The Balaban J connectivity index is 1.67. The Morgan fingerprint density at radius 3 is 2.57 bits per heavy atom. The van der Waals surface area contributed by atoms with Crippen LogP contribution in [0, 0.1) is 0 Å². The lowest BCUT2D eigenvalue weighted by molar-refractivity contribution is -0.137. The largest absolute Gasteiger partial charge is 0.416 e. The number of nitrogens with one attached hydrogen (secondary N) is 2. The molecule has 6 nitrogen and oxygen atoms in total. The number of H-pyrrole nitrogens is 1. The number of alkyl halides is 3. The standard InChI is InChI=1S/C19H16F3N3O3/c20-19(21,22)13-5-3-4-12(10-13)11-23-16(26)8-9-25-15-7-2-1-6-14(15)17(27)24-18(25)28/h1-7,10H,8-9,11H2,(H,23,26)(H,24,27,28). The number of aryl methyl sites for hydroxylation is 1. The summed E-state index contributed by atoms with van der Waals surface area (Å²) in [7, 11) is 0. The lowest BCUT2D eigenvalue weighted by Gasteiger charge is -2.11. The molecule has 0 bridgehead atoms. The highest BCUT2D eigenvalue weighted by Gasteiger charge is 2.30. The minimum atomic E-state index is -4.45. The quantitative estimate of drug-likeness (QED) is 0.701. The summed E-state index contributed by atoms with van der Waals surface area (Å²) in [4.78, 5) is 38.1. The van der Waals surface area contributed by atoms with E-state index in [1.807, 2.05) is 0 Å². The van der Waals surface area contributed by atoms with Gasteiger partial charge in [0.25, 0.3) is 5.56 Å². The van der Waals surface area contributed by atoms with Crippen LogP contribution in [0.15, 0.2) is 58.1 Å². The van der Waals surface area contributed by atoms with Gasteiger partial charge in [-0.25, -0.2) is 4.79 Å². The number of aromatic amines is 1. The van der Waals surface area contributed by atoms with Crippen LogP contribution >= 0.6 is 0 Å². The molecule has 0 aliphatic heterocycles. The van der Waals surface area contributed by atoms with Crippen molar-refractivity contribution in [2.45, 2.75) is 25.7 Å². The first-order chi connectivity index (χ1) is 13.3. The van der Waals surface area contributed by atoms with Crippen LogP contribution < -0.4 is 16.6 Å². The van der Waals surface area contributed by atoms with Gasteiger partial charge in [0.15, 0.2) is 0 Å². The van der Waals surface area contributed by atoms with Gasteiger partial charge in [-0.2, -0.15) is 13.2 Å². The van der Waals surface area contributed by atoms with Gasteiger partial charge in [-0.1, -0.05) is 24.3 Å². The molecule has 9 heteroatoms. The molecule has 0 fully saturated rings. The number of para-hydroxylation sites is 1. The van der Waals surface area contributed by atoms with Crippen molar-refractivity contribution in [2.75, 3.05) is 0 Å². The maximum atomic E-state index is 12.7. The smallest absolute Gasteiger partial charge is 0.352 e. The second kappa shape index (κ2) is 7.71. The van der Waals surface area contributed by atoms with Crippen molar-refractivity contribution < 1.29 is 18.0 Å². The molecule has 2 aromatic carbocycles. The van der Waals surface area contributed by atoms with Crippen molar-refractivity contribution in [3.8, 4) is 0 Å². The van der Waals surface area contributed by atoms with Gasteiger partial charge in [-0.05, 0) is 29.8 Å². The maximum Gasteiger partial charge on any atom is 0.416 e. The zero-order valence-electron chi connectivity index (χ0n) is 14.5. The molecule has 28 heavy (non-hydrogen) atoms. The Kier molecular flexibility index (Phi) is 5.34. The van der Waals surface area contributed by atoms with Crippen LogP contribution in [0.3, 0.4) is 0 Å². The van der Waals surface area contributed by atoms with Gasteiger partial charge < -0.3 is 5.32 Å². The second-order valence-electron chi connectivity index (χ2n) is 6.15. The van der Waals surface area contributed by atoms with E-state index >= 15 is 0 Å². The van der Waals surface area contributed by atoms with E-state index in [9.17, 15) is 27.6 Å². The summed E-state index contributed by atoms with van der Waals surface area (Å²) in [6.07, 6.45) is -4.53. The van der Waals surface area contributed by atoms with Crippen LogP contribution in [-0.4, -0.2) is 15.5 Å². The molecule has 1 heterocycles. The fraction of sp³-hybridized carbons (Fsp3) is 0.211. The molecule has 0 aliphatic rings. The van der Waals surface area contributed by atoms with Crippen LogP contribution in [0.2, 0.25) is 0 Å². The number of aromatic nitrogens is 2. The summed E-state index contributed by atoms with van der Waals surface area (Å²) in [5.74, 6) is -0.431. The molecule has 1 aromatic heterocycles. The molecule has 1 amide bonds.